The first-order valence-corrected chi connectivity index (χ1v) is 6.19. The van der Waals surface area contributed by atoms with Gasteiger partial charge in [0.15, 0.2) is 0 Å². The molecule has 0 aliphatic rings. The average Bonchev–Trinajstić information content (AvgIpc) is 2.48. The molecule has 0 bridgehead atoms. The van der Waals surface area contributed by atoms with E-state index in [1.54, 1.807) is 7.11 Å². The van der Waals surface area contributed by atoms with E-state index in [1.165, 1.54) is 0 Å². The monoisotopic (exact) mass is 266 g/mol. The van der Waals surface area contributed by atoms with Crippen molar-refractivity contribution in [1.29, 1.82) is 0 Å². The molecule has 3 rings (SSSR count). The van der Waals surface area contributed by atoms with E-state index in [9.17, 15) is 0 Å². The molecule has 3 N–H and O–H groups in total. The van der Waals surface area contributed by atoms with E-state index in [2.05, 4.69) is 15.3 Å². The Morgan fingerprint density at radius 2 is 1.75 bits per heavy atom. The van der Waals surface area contributed by atoms with Crippen LogP contribution in [0.2, 0.25) is 0 Å². The number of para-hydroxylation sites is 1. The maximum atomic E-state index is 5.95. The van der Waals surface area contributed by atoms with Crippen LogP contribution in [-0.2, 0) is 0 Å². The van der Waals surface area contributed by atoms with E-state index in [0.29, 0.717) is 11.8 Å². The van der Waals surface area contributed by atoms with Crippen molar-refractivity contribution in [3.63, 3.8) is 0 Å². The quantitative estimate of drug-likeness (QED) is 0.762. The number of nitrogens with one attached hydrogen (secondary N) is 1. The molecule has 2 aromatic carbocycles. The lowest BCUT2D eigenvalue weighted by Crippen LogP contribution is -2.01. The Hall–Kier alpha value is -2.82. The molecular formula is C15H14N4O. The Kier molecular flexibility index (Phi) is 3.09. The Morgan fingerprint density at radius 3 is 2.50 bits per heavy atom. The first-order chi connectivity index (χ1) is 9.76. The molecule has 20 heavy (non-hydrogen) atoms. The van der Waals surface area contributed by atoms with Crippen LogP contribution in [0.15, 0.2) is 48.5 Å². The number of nitrogens with zero attached hydrogens (tertiary/aromatic N) is 2. The molecule has 0 amide bonds. The number of nitrogen functional groups attached to an aromatic ring is 1. The number of hydrogen-bond acceptors (Lipinski definition) is 5. The Bertz CT molecular complexity index is 740. The molecule has 5 nitrogen and oxygen atoms in total. The minimum atomic E-state index is 0.464. The summed E-state index contributed by atoms with van der Waals surface area (Å²) in [7, 11) is 1.63. The standard InChI is InChI=1S/C15H14N4O/c1-20-11-8-6-10(7-9-11)17-15-18-13-5-3-2-4-12(13)14(16)19-15/h2-9H,1H3,(H3,16,17,18,19). The van der Waals surface area contributed by atoms with Crippen LogP contribution in [0.1, 0.15) is 0 Å². The molecule has 0 spiro atoms. The van der Waals surface area contributed by atoms with Crippen molar-refractivity contribution in [2.45, 2.75) is 0 Å². The lowest BCUT2D eigenvalue weighted by Gasteiger charge is -2.08. The van der Waals surface area contributed by atoms with Gasteiger partial charge in [-0.1, -0.05) is 12.1 Å². The minimum Gasteiger partial charge on any atom is -0.497 e. The van der Waals surface area contributed by atoms with Gasteiger partial charge in [-0.15, -0.1) is 0 Å². The molecule has 0 saturated carbocycles. The lowest BCUT2D eigenvalue weighted by atomic mass is 10.2. The van der Waals surface area contributed by atoms with Gasteiger partial charge >= 0.3 is 0 Å². The average molecular weight is 266 g/mol. The van der Waals surface area contributed by atoms with Crippen molar-refractivity contribution in [3.05, 3.63) is 48.5 Å². The normalized spacial score (nSPS) is 10.4. The fraction of sp³-hybridized carbons (Fsp3) is 0.0667. The molecular weight excluding hydrogens is 252 g/mol. The van der Waals surface area contributed by atoms with Crippen LogP contribution in [0.3, 0.4) is 0 Å². The van der Waals surface area contributed by atoms with Crippen LogP contribution in [0.25, 0.3) is 10.9 Å². The molecule has 1 aromatic heterocycles. The van der Waals surface area contributed by atoms with Crippen molar-refractivity contribution >= 4 is 28.4 Å². The van der Waals surface area contributed by atoms with Gasteiger partial charge in [-0.05, 0) is 36.4 Å². The van der Waals surface area contributed by atoms with Gasteiger partial charge in [0, 0.05) is 11.1 Å². The van der Waals surface area contributed by atoms with Crippen molar-refractivity contribution in [2.75, 3.05) is 18.2 Å². The molecule has 100 valence electrons. The number of anilines is 3. The Balaban J connectivity index is 1.93. The van der Waals surface area contributed by atoms with E-state index in [0.717, 1.165) is 22.3 Å². The topological polar surface area (TPSA) is 73.1 Å². The van der Waals surface area contributed by atoms with Crippen LogP contribution >= 0.6 is 0 Å². The molecule has 0 aliphatic carbocycles. The zero-order valence-electron chi connectivity index (χ0n) is 11.0. The molecule has 0 aliphatic heterocycles. The second-order valence-corrected chi connectivity index (χ2v) is 4.30. The minimum absolute atomic E-state index is 0.464. The summed E-state index contributed by atoms with van der Waals surface area (Å²) in [5, 5.41) is 3.98. The van der Waals surface area contributed by atoms with Crippen molar-refractivity contribution in [3.8, 4) is 5.75 Å². The van der Waals surface area contributed by atoms with E-state index < -0.39 is 0 Å². The molecule has 0 radical (unpaired) electrons. The second-order valence-electron chi connectivity index (χ2n) is 4.30. The third-order valence-corrected chi connectivity index (χ3v) is 2.98. The van der Waals surface area contributed by atoms with Crippen LogP contribution in [0, 0.1) is 0 Å². The third-order valence-electron chi connectivity index (χ3n) is 2.98. The summed E-state index contributed by atoms with van der Waals surface area (Å²) in [5.41, 5.74) is 7.64. The number of nitrogens with two attached hydrogens (primary N) is 1. The van der Waals surface area contributed by atoms with E-state index in [4.69, 9.17) is 10.5 Å². The highest BCUT2D eigenvalue weighted by atomic mass is 16.5. The van der Waals surface area contributed by atoms with Gasteiger partial charge in [0.05, 0.1) is 12.6 Å². The molecule has 0 atom stereocenters. The summed E-state index contributed by atoms with van der Waals surface area (Å²) in [4.78, 5) is 8.70. The Labute approximate surface area is 116 Å². The van der Waals surface area contributed by atoms with Gasteiger partial charge in [0.25, 0.3) is 0 Å². The summed E-state index contributed by atoms with van der Waals surface area (Å²) in [5.74, 6) is 1.74. The SMILES string of the molecule is COc1ccc(Nc2nc(N)c3ccccc3n2)cc1. The number of fused-ring (bicyclic) bond motifs is 1. The number of benzene rings is 2. The van der Waals surface area contributed by atoms with Crippen molar-refractivity contribution in [1.82, 2.24) is 9.97 Å². The second kappa shape index (κ2) is 5.05. The van der Waals surface area contributed by atoms with Crippen molar-refractivity contribution < 1.29 is 4.74 Å². The summed E-state index contributed by atoms with van der Waals surface area (Å²) < 4.78 is 5.12. The highest BCUT2D eigenvalue weighted by Crippen LogP contribution is 2.22. The van der Waals surface area contributed by atoms with Crippen LogP contribution in [-0.4, -0.2) is 17.1 Å². The third kappa shape index (κ3) is 2.33. The van der Waals surface area contributed by atoms with Crippen LogP contribution in [0.4, 0.5) is 17.5 Å². The number of methoxy groups -OCH3 is 1. The van der Waals surface area contributed by atoms with Gasteiger partial charge in [-0.2, -0.15) is 4.98 Å². The van der Waals surface area contributed by atoms with Gasteiger partial charge in [-0.25, -0.2) is 4.98 Å². The molecule has 1 heterocycles. The summed E-state index contributed by atoms with van der Waals surface area (Å²) >= 11 is 0. The summed E-state index contributed by atoms with van der Waals surface area (Å²) in [6.07, 6.45) is 0. The highest BCUT2D eigenvalue weighted by molar-refractivity contribution is 5.89. The van der Waals surface area contributed by atoms with Gasteiger partial charge in [0.2, 0.25) is 5.95 Å². The fourth-order valence-corrected chi connectivity index (χ4v) is 1.96. The maximum absolute atomic E-state index is 5.95. The zero-order valence-corrected chi connectivity index (χ0v) is 11.0. The van der Waals surface area contributed by atoms with E-state index in [-0.39, 0.29) is 0 Å². The van der Waals surface area contributed by atoms with E-state index in [1.807, 2.05) is 48.5 Å². The van der Waals surface area contributed by atoms with Crippen LogP contribution in [0.5, 0.6) is 5.75 Å². The number of aromatic nitrogens is 2. The first kappa shape index (κ1) is 12.2. The molecule has 0 saturated heterocycles. The molecule has 0 fully saturated rings. The largest absolute Gasteiger partial charge is 0.497 e. The molecule has 3 aromatic rings. The predicted molar refractivity (Wildman–Crippen MR) is 80.2 cm³/mol. The Morgan fingerprint density at radius 1 is 1.00 bits per heavy atom. The molecule has 5 heteroatoms. The first-order valence-electron chi connectivity index (χ1n) is 6.19. The smallest absolute Gasteiger partial charge is 0.229 e. The maximum Gasteiger partial charge on any atom is 0.229 e. The van der Waals surface area contributed by atoms with Crippen LogP contribution < -0.4 is 15.8 Å². The van der Waals surface area contributed by atoms with Gasteiger partial charge in [-0.3, -0.25) is 0 Å². The molecule has 0 unspecified atom stereocenters. The van der Waals surface area contributed by atoms with Gasteiger partial charge < -0.3 is 15.8 Å². The zero-order chi connectivity index (χ0) is 13.9. The lowest BCUT2D eigenvalue weighted by molar-refractivity contribution is 0.415. The number of hydrogen-bond donors (Lipinski definition) is 2. The summed E-state index contributed by atoms with van der Waals surface area (Å²) in [6.45, 7) is 0. The summed E-state index contributed by atoms with van der Waals surface area (Å²) in [6, 6.07) is 15.2. The number of rotatable bonds is 3. The predicted octanol–water partition coefficient (Wildman–Crippen LogP) is 2.96. The number of ether oxygens (including phenoxy) is 1. The highest BCUT2D eigenvalue weighted by Gasteiger charge is 2.04. The van der Waals surface area contributed by atoms with Gasteiger partial charge in [0.1, 0.15) is 11.6 Å². The van der Waals surface area contributed by atoms with E-state index >= 15 is 0 Å². The van der Waals surface area contributed by atoms with Crippen molar-refractivity contribution in [2.24, 2.45) is 0 Å². The fourth-order valence-electron chi connectivity index (χ4n) is 1.96.